The van der Waals surface area contributed by atoms with E-state index in [1.165, 1.54) is 6.33 Å². The molecule has 0 saturated heterocycles. The molecule has 1 aromatic heterocycles. The van der Waals surface area contributed by atoms with Crippen molar-refractivity contribution in [2.24, 2.45) is 0 Å². The van der Waals surface area contributed by atoms with Crippen molar-refractivity contribution in [1.82, 2.24) is 9.97 Å². The Balaban J connectivity index is 2.39. The van der Waals surface area contributed by atoms with Gasteiger partial charge in [-0.15, -0.1) is 0 Å². The summed E-state index contributed by atoms with van der Waals surface area (Å²) in [7, 11) is 0. The van der Waals surface area contributed by atoms with Crippen molar-refractivity contribution < 1.29 is 9.84 Å². The summed E-state index contributed by atoms with van der Waals surface area (Å²) in [5, 5.41) is 11.8. The third kappa shape index (κ3) is 4.85. The molecule has 0 bridgehead atoms. The largest absolute Gasteiger partial charge is 0.394 e. The summed E-state index contributed by atoms with van der Waals surface area (Å²) in [5.74, 6) is 1.36. The number of rotatable bonds is 9. The molecular formula is C12H22N4O2. The zero-order chi connectivity index (χ0) is 13.2. The molecule has 0 fully saturated rings. The molecule has 0 saturated carbocycles. The Morgan fingerprint density at radius 1 is 1.39 bits per heavy atom. The molecule has 4 N–H and O–H groups in total. The lowest BCUT2D eigenvalue weighted by Gasteiger charge is -2.11. The SMILES string of the molecule is CCCc1c(N)ncnc1NCCCOCCO. The highest BCUT2D eigenvalue weighted by molar-refractivity contribution is 5.54. The van der Waals surface area contributed by atoms with Crippen molar-refractivity contribution in [1.29, 1.82) is 0 Å². The second-order valence-electron chi connectivity index (χ2n) is 3.95. The molecule has 0 aliphatic heterocycles. The lowest BCUT2D eigenvalue weighted by atomic mass is 10.1. The minimum absolute atomic E-state index is 0.0660. The van der Waals surface area contributed by atoms with Crippen molar-refractivity contribution in [3.8, 4) is 0 Å². The summed E-state index contributed by atoms with van der Waals surface area (Å²) in [6.07, 6.45) is 4.20. The normalized spacial score (nSPS) is 10.6. The highest BCUT2D eigenvalue weighted by Gasteiger charge is 2.07. The van der Waals surface area contributed by atoms with Gasteiger partial charge in [0.2, 0.25) is 0 Å². The first-order valence-electron chi connectivity index (χ1n) is 6.31. The molecule has 0 aliphatic carbocycles. The van der Waals surface area contributed by atoms with E-state index < -0.39 is 0 Å². The third-order valence-corrected chi connectivity index (χ3v) is 2.47. The predicted octanol–water partition coefficient (Wildman–Crippen LogP) is 0.822. The fraction of sp³-hybridized carbons (Fsp3) is 0.667. The highest BCUT2D eigenvalue weighted by atomic mass is 16.5. The molecular weight excluding hydrogens is 232 g/mol. The van der Waals surface area contributed by atoms with Gasteiger partial charge in [-0.05, 0) is 12.8 Å². The van der Waals surface area contributed by atoms with E-state index in [-0.39, 0.29) is 6.61 Å². The number of aromatic nitrogens is 2. The van der Waals surface area contributed by atoms with Crippen molar-refractivity contribution >= 4 is 11.6 Å². The molecule has 1 heterocycles. The molecule has 0 radical (unpaired) electrons. The molecule has 18 heavy (non-hydrogen) atoms. The van der Waals surface area contributed by atoms with Crippen LogP contribution < -0.4 is 11.1 Å². The molecule has 6 nitrogen and oxygen atoms in total. The number of nitrogens with two attached hydrogens (primary N) is 1. The van der Waals surface area contributed by atoms with Crippen LogP contribution in [0, 0.1) is 0 Å². The molecule has 0 aliphatic rings. The Morgan fingerprint density at radius 2 is 2.22 bits per heavy atom. The first-order valence-corrected chi connectivity index (χ1v) is 6.31. The molecule has 0 unspecified atom stereocenters. The lowest BCUT2D eigenvalue weighted by molar-refractivity contribution is 0.0922. The fourth-order valence-corrected chi connectivity index (χ4v) is 1.62. The molecule has 6 heteroatoms. The van der Waals surface area contributed by atoms with Crippen molar-refractivity contribution in [2.45, 2.75) is 26.2 Å². The highest BCUT2D eigenvalue weighted by Crippen LogP contribution is 2.18. The van der Waals surface area contributed by atoms with Crippen LogP contribution in [0.2, 0.25) is 0 Å². The van der Waals surface area contributed by atoms with Gasteiger partial charge in [0.05, 0.1) is 13.2 Å². The zero-order valence-corrected chi connectivity index (χ0v) is 10.9. The Kier molecular flexibility index (Phi) is 7.05. The molecule has 0 aromatic carbocycles. The smallest absolute Gasteiger partial charge is 0.134 e. The van der Waals surface area contributed by atoms with Crippen LogP contribution >= 0.6 is 0 Å². The number of aliphatic hydroxyl groups excluding tert-OH is 1. The van der Waals surface area contributed by atoms with Crippen LogP contribution in [0.5, 0.6) is 0 Å². The van der Waals surface area contributed by atoms with E-state index in [9.17, 15) is 0 Å². The topological polar surface area (TPSA) is 93.3 Å². The molecule has 0 spiro atoms. The van der Waals surface area contributed by atoms with Crippen LogP contribution in [0.3, 0.4) is 0 Å². The van der Waals surface area contributed by atoms with Gasteiger partial charge in [-0.25, -0.2) is 9.97 Å². The van der Waals surface area contributed by atoms with Crippen molar-refractivity contribution in [3.05, 3.63) is 11.9 Å². The Morgan fingerprint density at radius 3 is 2.94 bits per heavy atom. The number of aliphatic hydroxyl groups is 1. The van der Waals surface area contributed by atoms with Gasteiger partial charge in [0, 0.05) is 18.7 Å². The van der Waals surface area contributed by atoms with Crippen LogP contribution in [0.4, 0.5) is 11.6 Å². The van der Waals surface area contributed by atoms with Gasteiger partial charge in [-0.2, -0.15) is 0 Å². The number of ether oxygens (including phenoxy) is 1. The van der Waals surface area contributed by atoms with Gasteiger partial charge in [0.1, 0.15) is 18.0 Å². The van der Waals surface area contributed by atoms with Crippen LogP contribution in [-0.2, 0) is 11.2 Å². The molecule has 1 rings (SSSR count). The average molecular weight is 254 g/mol. The van der Waals surface area contributed by atoms with E-state index in [0.29, 0.717) is 19.0 Å². The van der Waals surface area contributed by atoms with Crippen LogP contribution in [-0.4, -0.2) is 41.4 Å². The van der Waals surface area contributed by atoms with E-state index >= 15 is 0 Å². The minimum Gasteiger partial charge on any atom is -0.394 e. The molecule has 0 atom stereocenters. The van der Waals surface area contributed by atoms with E-state index in [4.69, 9.17) is 15.6 Å². The molecule has 1 aromatic rings. The number of anilines is 2. The first-order chi connectivity index (χ1) is 8.79. The van der Waals surface area contributed by atoms with E-state index in [2.05, 4.69) is 22.2 Å². The van der Waals surface area contributed by atoms with Gasteiger partial charge in [-0.3, -0.25) is 0 Å². The zero-order valence-electron chi connectivity index (χ0n) is 10.9. The number of nitrogens with one attached hydrogen (secondary N) is 1. The van der Waals surface area contributed by atoms with E-state index in [1.807, 2.05) is 0 Å². The standard InChI is InChI=1S/C12H22N4O2/c1-2-4-10-11(13)15-9-16-12(10)14-5-3-7-18-8-6-17/h9,17H,2-8H2,1H3,(H3,13,14,15,16). The van der Waals surface area contributed by atoms with Gasteiger partial charge in [0.25, 0.3) is 0 Å². The Bertz CT molecular complexity index is 347. The summed E-state index contributed by atoms with van der Waals surface area (Å²) in [4.78, 5) is 8.21. The summed E-state index contributed by atoms with van der Waals surface area (Å²) in [6.45, 7) is 3.94. The average Bonchev–Trinajstić information content (AvgIpc) is 2.37. The quantitative estimate of drug-likeness (QED) is 0.565. The Labute approximate surface area is 108 Å². The maximum atomic E-state index is 8.56. The van der Waals surface area contributed by atoms with Gasteiger partial charge >= 0.3 is 0 Å². The van der Waals surface area contributed by atoms with Crippen LogP contribution in [0.25, 0.3) is 0 Å². The number of nitrogens with zero attached hydrogens (tertiary/aromatic N) is 2. The maximum Gasteiger partial charge on any atom is 0.134 e. The van der Waals surface area contributed by atoms with E-state index in [1.54, 1.807) is 0 Å². The number of hydrogen-bond acceptors (Lipinski definition) is 6. The van der Waals surface area contributed by atoms with Gasteiger partial charge < -0.3 is 20.9 Å². The maximum absolute atomic E-state index is 8.56. The summed E-state index contributed by atoms with van der Waals surface area (Å²) in [6, 6.07) is 0. The number of hydrogen-bond donors (Lipinski definition) is 3. The van der Waals surface area contributed by atoms with Crippen molar-refractivity contribution in [3.63, 3.8) is 0 Å². The predicted molar refractivity (Wildman–Crippen MR) is 71.5 cm³/mol. The van der Waals surface area contributed by atoms with Crippen LogP contribution in [0.1, 0.15) is 25.3 Å². The van der Waals surface area contributed by atoms with Crippen LogP contribution in [0.15, 0.2) is 6.33 Å². The summed E-state index contributed by atoms with van der Waals surface area (Å²) < 4.78 is 5.17. The van der Waals surface area contributed by atoms with E-state index in [0.717, 1.165) is 37.2 Å². The summed E-state index contributed by atoms with van der Waals surface area (Å²) >= 11 is 0. The van der Waals surface area contributed by atoms with Crippen molar-refractivity contribution in [2.75, 3.05) is 37.4 Å². The minimum atomic E-state index is 0.0660. The third-order valence-electron chi connectivity index (χ3n) is 2.47. The number of nitrogen functional groups attached to an aromatic ring is 1. The fourth-order valence-electron chi connectivity index (χ4n) is 1.62. The lowest BCUT2D eigenvalue weighted by Crippen LogP contribution is -2.11. The first kappa shape index (κ1) is 14.7. The summed E-state index contributed by atoms with van der Waals surface area (Å²) in [5.41, 5.74) is 6.82. The van der Waals surface area contributed by atoms with Gasteiger partial charge in [0.15, 0.2) is 0 Å². The second kappa shape index (κ2) is 8.66. The Hall–Kier alpha value is -1.40. The monoisotopic (exact) mass is 254 g/mol. The molecule has 102 valence electrons. The second-order valence-corrected chi connectivity index (χ2v) is 3.95. The van der Waals surface area contributed by atoms with Gasteiger partial charge in [-0.1, -0.05) is 13.3 Å². The molecule has 0 amide bonds.